The van der Waals surface area contributed by atoms with E-state index in [4.69, 9.17) is 4.74 Å². The Morgan fingerprint density at radius 3 is 2.83 bits per heavy atom. The van der Waals surface area contributed by atoms with Gasteiger partial charge >= 0.3 is 5.97 Å². The lowest BCUT2D eigenvalue weighted by Crippen LogP contribution is -2.34. The molecular formula is C12H22N4O2. The van der Waals surface area contributed by atoms with Gasteiger partial charge in [-0.1, -0.05) is 0 Å². The van der Waals surface area contributed by atoms with Crippen LogP contribution in [0.25, 0.3) is 0 Å². The average Bonchev–Trinajstić information content (AvgIpc) is 2.82. The van der Waals surface area contributed by atoms with Gasteiger partial charge < -0.3 is 9.64 Å². The molecule has 0 fully saturated rings. The molecule has 0 amide bonds. The molecule has 0 aliphatic heterocycles. The number of carbonyl (C=O) groups excluding carboxylic acids is 1. The van der Waals surface area contributed by atoms with Crippen LogP contribution in [0.15, 0.2) is 12.4 Å². The van der Waals surface area contributed by atoms with Crippen LogP contribution in [0.5, 0.6) is 0 Å². The third-order valence-electron chi connectivity index (χ3n) is 2.65. The number of esters is 1. The zero-order valence-electron chi connectivity index (χ0n) is 11.5. The second-order valence-electron chi connectivity index (χ2n) is 4.34. The number of rotatable bonds is 7. The van der Waals surface area contributed by atoms with Gasteiger partial charge in [-0.3, -0.25) is 10.00 Å². The molecule has 18 heavy (non-hydrogen) atoms. The van der Waals surface area contributed by atoms with E-state index in [0.717, 1.165) is 18.7 Å². The summed E-state index contributed by atoms with van der Waals surface area (Å²) >= 11 is 0. The predicted octanol–water partition coefficient (Wildman–Crippen LogP) is 0.268. The highest BCUT2D eigenvalue weighted by Crippen LogP contribution is 2.13. The second-order valence-corrected chi connectivity index (χ2v) is 4.34. The Bertz CT molecular complexity index is 376. The third-order valence-corrected chi connectivity index (χ3v) is 2.65. The van der Waals surface area contributed by atoms with Crippen LogP contribution in [0, 0.1) is 0 Å². The smallest absolute Gasteiger partial charge is 0.327 e. The first-order chi connectivity index (χ1) is 8.58. The lowest BCUT2D eigenvalue weighted by Gasteiger charge is -2.16. The van der Waals surface area contributed by atoms with Crippen LogP contribution in [0.4, 0.5) is 0 Å². The minimum absolute atomic E-state index is 0.288. The van der Waals surface area contributed by atoms with E-state index in [9.17, 15) is 4.79 Å². The van der Waals surface area contributed by atoms with Crippen molar-refractivity contribution in [1.82, 2.24) is 20.0 Å². The van der Waals surface area contributed by atoms with Gasteiger partial charge in [-0.25, -0.2) is 4.79 Å². The maximum atomic E-state index is 11.8. The van der Waals surface area contributed by atoms with Crippen LogP contribution >= 0.6 is 0 Å². The molecule has 0 aliphatic rings. The summed E-state index contributed by atoms with van der Waals surface area (Å²) in [7, 11) is 5.38. The van der Waals surface area contributed by atoms with E-state index in [1.54, 1.807) is 10.9 Å². The lowest BCUT2D eigenvalue weighted by molar-refractivity contribution is -0.143. The fraction of sp³-hybridized carbons (Fsp3) is 0.667. The first kappa shape index (κ1) is 14.7. The van der Waals surface area contributed by atoms with Crippen molar-refractivity contribution in [2.24, 2.45) is 0 Å². The van der Waals surface area contributed by atoms with Crippen molar-refractivity contribution in [2.75, 3.05) is 34.3 Å². The van der Waals surface area contributed by atoms with Crippen molar-refractivity contribution < 1.29 is 9.53 Å². The van der Waals surface area contributed by atoms with Crippen molar-refractivity contribution in [3.8, 4) is 0 Å². The molecule has 1 N–H and O–H groups in total. The second kappa shape index (κ2) is 7.13. The quantitative estimate of drug-likeness (QED) is 0.708. The van der Waals surface area contributed by atoms with Crippen LogP contribution in [0.3, 0.4) is 0 Å². The summed E-state index contributed by atoms with van der Waals surface area (Å²) in [6.07, 6.45) is 3.57. The van der Waals surface area contributed by atoms with Gasteiger partial charge in [0, 0.05) is 31.4 Å². The van der Waals surface area contributed by atoms with Crippen LogP contribution in [0.1, 0.15) is 18.5 Å². The molecule has 1 rings (SSSR count). The van der Waals surface area contributed by atoms with Crippen LogP contribution in [-0.4, -0.2) is 54.9 Å². The Kier molecular flexibility index (Phi) is 5.80. The average molecular weight is 254 g/mol. The highest BCUT2D eigenvalue weighted by molar-refractivity contribution is 5.77. The molecule has 0 aliphatic carbocycles. The molecule has 1 atom stereocenters. The number of hydrogen-bond donors (Lipinski definition) is 1. The van der Waals surface area contributed by atoms with E-state index in [2.05, 4.69) is 15.3 Å². The number of ether oxygens (including phenoxy) is 1. The van der Waals surface area contributed by atoms with Crippen molar-refractivity contribution in [2.45, 2.75) is 19.5 Å². The summed E-state index contributed by atoms with van der Waals surface area (Å²) < 4.78 is 6.61. The molecule has 6 heteroatoms. The first-order valence-electron chi connectivity index (χ1n) is 6.06. The third kappa shape index (κ3) is 4.12. The number of methoxy groups -OCH3 is 1. The molecule has 102 valence electrons. The number of aryl methyl sites for hydroxylation is 1. The first-order valence-corrected chi connectivity index (χ1v) is 6.06. The van der Waals surface area contributed by atoms with Gasteiger partial charge in [-0.15, -0.1) is 0 Å². The summed E-state index contributed by atoms with van der Waals surface area (Å²) in [5.41, 5.74) is 0.836. The topological polar surface area (TPSA) is 59.4 Å². The molecule has 0 saturated carbocycles. The van der Waals surface area contributed by atoms with Crippen LogP contribution < -0.4 is 5.32 Å². The maximum Gasteiger partial charge on any atom is 0.327 e. The Morgan fingerprint density at radius 1 is 1.61 bits per heavy atom. The van der Waals surface area contributed by atoms with Crippen molar-refractivity contribution in [1.29, 1.82) is 0 Å². The number of carbonyl (C=O) groups is 1. The van der Waals surface area contributed by atoms with E-state index in [1.165, 1.54) is 7.11 Å². The van der Waals surface area contributed by atoms with Gasteiger partial charge in [0.25, 0.3) is 0 Å². The van der Waals surface area contributed by atoms with Gasteiger partial charge in [0.15, 0.2) is 0 Å². The Balaban J connectivity index is 2.68. The van der Waals surface area contributed by atoms with Crippen molar-refractivity contribution >= 4 is 5.97 Å². The van der Waals surface area contributed by atoms with Gasteiger partial charge in [0.2, 0.25) is 0 Å². The fourth-order valence-corrected chi connectivity index (χ4v) is 1.59. The van der Waals surface area contributed by atoms with Crippen molar-refractivity contribution in [3.63, 3.8) is 0 Å². The standard InChI is InChI=1S/C12H22N4O2/c1-5-16-9-10(8-14-16)11(12(17)18-4)13-6-7-15(2)3/h8-9,11,13H,5-7H2,1-4H3. The van der Waals surface area contributed by atoms with E-state index in [1.807, 2.05) is 27.2 Å². The molecule has 0 radical (unpaired) electrons. The summed E-state index contributed by atoms with van der Waals surface area (Å²) in [6, 6.07) is -0.449. The van der Waals surface area contributed by atoms with E-state index in [0.29, 0.717) is 6.54 Å². The van der Waals surface area contributed by atoms with Gasteiger partial charge in [-0.05, 0) is 21.0 Å². The molecule has 1 unspecified atom stereocenters. The molecule has 0 aromatic carbocycles. The molecule has 0 saturated heterocycles. The molecular weight excluding hydrogens is 232 g/mol. The molecule has 6 nitrogen and oxygen atoms in total. The van der Waals surface area contributed by atoms with E-state index >= 15 is 0 Å². The lowest BCUT2D eigenvalue weighted by atomic mass is 10.1. The van der Waals surface area contributed by atoms with Crippen LogP contribution in [0.2, 0.25) is 0 Å². The van der Waals surface area contributed by atoms with Gasteiger partial charge in [-0.2, -0.15) is 5.10 Å². The monoisotopic (exact) mass is 254 g/mol. The van der Waals surface area contributed by atoms with E-state index in [-0.39, 0.29) is 5.97 Å². The SMILES string of the molecule is CCn1cc(C(NCCN(C)C)C(=O)OC)cn1. The zero-order chi connectivity index (χ0) is 13.5. The number of likely N-dealkylation sites (N-methyl/N-ethyl adjacent to an activating group) is 1. The van der Waals surface area contributed by atoms with Gasteiger partial charge in [0.1, 0.15) is 6.04 Å². The fourth-order valence-electron chi connectivity index (χ4n) is 1.59. The molecule has 0 bridgehead atoms. The van der Waals surface area contributed by atoms with Crippen LogP contribution in [-0.2, 0) is 16.1 Å². The Hall–Kier alpha value is -1.40. The summed E-state index contributed by atoms with van der Waals surface area (Å²) in [5.74, 6) is -0.288. The number of hydrogen-bond acceptors (Lipinski definition) is 5. The number of nitrogens with zero attached hydrogens (tertiary/aromatic N) is 3. The zero-order valence-corrected chi connectivity index (χ0v) is 11.5. The molecule has 1 aromatic heterocycles. The number of aromatic nitrogens is 2. The maximum absolute atomic E-state index is 11.8. The Morgan fingerprint density at radius 2 is 2.33 bits per heavy atom. The molecule has 0 spiro atoms. The predicted molar refractivity (Wildman–Crippen MR) is 69.2 cm³/mol. The largest absolute Gasteiger partial charge is 0.468 e. The normalized spacial score (nSPS) is 12.7. The minimum Gasteiger partial charge on any atom is -0.468 e. The summed E-state index contributed by atoms with van der Waals surface area (Å²) in [5, 5.41) is 7.36. The molecule has 1 aromatic rings. The van der Waals surface area contributed by atoms with E-state index < -0.39 is 6.04 Å². The highest BCUT2D eigenvalue weighted by Gasteiger charge is 2.22. The van der Waals surface area contributed by atoms with Gasteiger partial charge in [0.05, 0.1) is 13.3 Å². The number of nitrogens with one attached hydrogen (secondary N) is 1. The summed E-state index contributed by atoms with van der Waals surface area (Å²) in [6.45, 7) is 4.36. The van der Waals surface area contributed by atoms with Crippen molar-refractivity contribution in [3.05, 3.63) is 18.0 Å². The highest BCUT2D eigenvalue weighted by atomic mass is 16.5. The molecule has 1 heterocycles. The minimum atomic E-state index is -0.449. The summed E-state index contributed by atoms with van der Waals surface area (Å²) in [4.78, 5) is 13.8. The Labute approximate surface area is 108 Å².